The molecule has 0 saturated heterocycles. The minimum atomic E-state index is -3.98. The molecule has 3 aromatic carbocycles. The Labute approximate surface area is 197 Å². The Bertz CT molecular complexity index is 1150. The molecule has 32 heavy (non-hydrogen) atoms. The van der Waals surface area contributed by atoms with Crippen LogP contribution in [0, 0.1) is 0 Å². The number of ether oxygens (including phenoxy) is 1. The highest BCUT2D eigenvalue weighted by molar-refractivity contribution is 7.89. The number of rotatable bonds is 9. The van der Waals surface area contributed by atoms with Gasteiger partial charge in [0.15, 0.2) is 0 Å². The van der Waals surface area contributed by atoms with Crippen molar-refractivity contribution in [2.45, 2.75) is 24.3 Å². The lowest BCUT2D eigenvalue weighted by Gasteiger charge is -2.19. The van der Waals surface area contributed by atoms with E-state index in [9.17, 15) is 13.2 Å². The van der Waals surface area contributed by atoms with Crippen LogP contribution in [-0.4, -0.2) is 27.0 Å². The average molecular weight is 493 g/mol. The van der Waals surface area contributed by atoms with Crippen LogP contribution in [0.2, 0.25) is 10.0 Å². The highest BCUT2D eigenvalue weighted by atomic mass is 35.5. The highest BCUT2D eigenvalue weighted by Crippen LogP contribution is 2.23. The zero-order valence-electron chi connectivity index (χ0n) is 17.2. The number of amides is 1. The lowest BCUT2D eigenvalue weighted by Crippen LogP contribution is -2.45. The van der Waals surface area contributed by atoms with Crippen LogP contribution in [0.1, 0.15) is 12.5 Å². The lowest BCUT2D eigenvalue weighted by atomic mass is 10.1. The van der Waals surface area contributed by atoms with Crippen molar-refractivity contribution in [3.63, 3.8) is 0 Å². The molecule has 2 N–H and O–H groups in total. The van der Waals surface area contributed by atoms with E-state index in [2.05, 4.69) is 10.0 Å². The van der Waals surface area contributed by atoms with Crippen LogP contribution in [-0.2, 0) is 21.2 Å². The summed E-state index contributed by atoms with van der Waals surface area (Å²) in [6.07, 6.45) is 0.150. The van der Waals surface area contributed by atoms with Crippen molar-refractivity contribution >= 4 is 44.8 Å². The molecule has 0 fully saturated rings. The molecule has 0 bridgehead atoms. The Balaban J connectivity index is 1.85. The van der Waals surface area contributed by atoms with Gasteiger partial charge in [0.1, 0.15) is 11.8 Å². The Morgan fingerprint density at radius 3 is 2.19 bits per heavy atom. The van der Waals surface area contributed by atoms with Crippen molar-refractivity contribution in [1.29, 1.82) is 0 Å². The van der Waals surface area contributed by atoms with Gasteiger partial charge in [0, 0.05) is 15.7 Å². The molecule has 0 heterocycles. The van der Waals surface area contributed by atoms with Crippen molar-refractivity contribution in [3.05, 3.63) is 88.4 Å². The fourth-order valence-electron chi connectivity index (χ4n) is 3.03. The number of benzene rings is 3. The van der Waals surface area contributed by atoms with Gasteiger partial charge in [-0.25, -0.2) is 8.42 Å². The van der Waals surface area contributed by atoms with Crippen LogP contribution in [0.4, 0.5) is 5.69 Å². The minimum absolute atomic E-state index is 0.0256. The third-order valence-corrected chi connectivity index (χ3v) is 6.40. The quantitative estimate of drug-likeness (QED) is 0.443. The Hall–Kier alpha value is -2.58. The fourth-order valence-corrected chi connectivity index (χ4v) is 4.75. The van der Waals surface area contributed by atoms with Crippen molar-refractivity contribution < 1.29 is 17.9 Å². The Morgan fingerprint density at radius 1 is 0.969 bits per heavy atom. The van der Waals surface area contributed by atoms with E-state index in [1.165, 1.54) is 30.3 Å². The molecule has 9 heteroatoms. The first kappa shape index (κ1) is 24.1. The van der Waals surface area contributed by atoms with Crippen molar-refractivity contribution in [2.75, 3.05) is 11.9 Å². The maximum atomic E-state index is 13.0. The molecule has 0 spiro atoms. The molecule has 0 aliphatic heterocycles. The Kier molecular flexibility index (Phi) is 8.15. The van der Waals surface area contributed by atoms with Gasteiger partial charge < -0.3 is 10.1 Å². The average Bonchev–Trinajstić information content (AvgIpc) is 2.74. The highest BCUT2D eigenvalue weighted by Gasteiger charge is 2.26. The monoisotopic (exact) mass is 492 g/mol. The zero-order valence-corrected chi connectivity index (χ0v) is 19.5. The van der Waals surface area contributed by atoms with Gasteiger partial charge in [-0.2, -0.15) is 4.72 Å². The third kappa shape index (κ3) is 6.71. The summed E-state index contributed by atoms with van der Waals surface area (Å²) < 4.78 is 33.9. The maximum Gasteiger partial charge on any atom is 0.242 e. The van der Waals surface area contributed by atoms with E-state index in [4.69, 9.17) is 27.9 Å². The van der Waals surface area contributed by atoms with Crippen molar-refractivity contribution in [1.82, 2.24) is 4.72 Å². The third-order valence-electron chi connectivity index (χ3n) is 4.47. The van der Waals surface area contributed by atoms with Gasteiger partial charge in [-0.3, -0.25) is 4.79 Å². The van der Waals surface area contributed by atoms with Crippen LogP contribution in [0.15, 0.2) is 77.7 Å². The molecule has 0 aliphatic carbocycles. The summed E-state index contributed by atoms with van der Waals surface area (Å²) in [7, 11) is -3.98. The number of carbonyl (C=O) groups excluding carboxylic acids is 1. The van der Waals surface area contributed by atoms with E-state index in [-0.39, 0.29) is 11.3 Å². The molecule has 0 aliphatic rings. The summed E-state index contributed by atoms with van der Waals surface area (Å²) in [5, 5.41) is 3.39. The number of hydrogen-bond donors (Lipinski definition) is 2. The van der Waals surface area contributed by atoms with E-state index in [0.717, 1.165) is 5.56 Å². The predicted octanol–water partition coefficient (Wildman–Crippen LogP) is 4.92. The number of carbonyl (C=O) groups is 1. The van der Waals surface area contributed by atoms with Crippen LogP contribution < -0.4 is 14.8 Å². The van der Waals surface area contributed by atoms with Gasteiger partial charge in [-0.05, 0) is 61.4 Å². The van der Waals surface area contributed by atoms with Crippen LogP contribution in [0.5, 0.6) is 5.75 Å². The molecule has 6 nitrogen and oxygen atoms in total. The molecule has 1 atom stereocenters. The number of halogens is 2. The second-order valence-corrected chi connectivity index (χ2v) is 9.50. The molecule has 0 unspecified atom stereocenters. The lowest BCUT2D eigenvalue weighted by molar-refractivity contribution is -0.117. The van der Waals surface area contributed by atoms with Gasteiger partial charge in [0.05, 0.1) is 11.5 Å². The maximum absolute atomic E-state index is 13.0. The standard InChI is InChI=1S/C23H22Cl2N2O4S/c1-2-31-20-8-10-21(11-9-20)32(29,30)27-22(12-16-6-4-3-5-7-16)23(28)26-19-14-17(24)13-18(25)15-19/h3-11,13-15,22,27H,2,12H2,1H3,(H,26,28)/t22-/m0/s1. The Morgan fingerprint density at radius 2 is 1.59 bits per heavy atom. The van der Waals surface area contributed by atoms with Crippen molar-refractivity contribution in [2.24, 2.45) is 0 Å². The van der Waals surface area contributed by atoms with Gasteiger partial charge in [0.25, 0.3) is 0 Å². The van der Waals surface area contributed by atoms with Crippen molar-refractivity contribution in [3.8, 4) is 5.75 Å². The van der Waals surface area contributed by atoms with Gasteiger partial charge >= 0.3 is 0 Å². The molecule has 0 aromatic heterocycles. The molecular weight excluding hydrogens is 471 g/mol. The van der Waals surface area contributed by atoms with Gasteiger partial charge in [-0.15, -0.1) is 0 Å². The summed E-state index contributed by atoms with van der Waals surface area (Å²) in [4.78, 5) is 13.1. The predicted molar refractivity (Wildman–Crippen MR) is 127 cm³/mol. The SMILES string of the molecule is CCOc1ccc(S(=O)(=O)N[C@@H](Cc2ccccc2)C(=O)Nc2cc(Cl)cc(Cl)c2)cc1. The van der Waals surface area contributed by atoms with Crippen LogP contribution in [0.25, 0.3) is 0 Å². The van der Waals surface area contributed by atoms with Gasteiger partial charge in [0.2, 0.25) is 15.9 Å². The van der Waals surface area contributed by atoms with E-state index in [0.29, 0.717) is 28.1 Å². The summed E-state index contributed by atoms with van der Waals surface area (Å²) in [6, 6.07) is 18.7. The number of hydrogen-bond acceptors (Lipinski definition) is 4. The molecule has 0 saturated carbocycles. The van der Waals surface area contributed by atoms with Crippen LogP contribution in [0.3, 0.4) is 0 Å². The second kappa shape index (κ2) is 10.8. The molecule has 168 valence electrons. The number of anilines is 1. The van der Waals surface area contributed by atoms with E-state index < -0.39 is 22.0 Å². The van der Waals surface area contributed by atoms with E-state index >= 15 is 0 Å². The molecule has 3 aromatic rings. The molecular formula is C23H22Cl2N2O4S. The van der Waals surface area contributed by atoms with Crippen LogP contribution >= 0.6 is 23.2 Å². The summed E-state index contributed by atoms with van der Waals surface area (Å²) in [6.45, 7) is 2.31. The fraction of sp³-hybridized carbons (Fsp3) is 0.174. The second-order valence-electron chi connectivity index (χ2n) is 6.92. The summed E-state index contributed by atoms with van der Waals surface area (Å²) >= 11 is 12.0. The van der Waals surface area contributed by atoms with E-state index in [1.54, 1.807) is 12.1 Å². The minimum Gasteiger partial charge on any atom is -0.494 e. The summed E-state index contributed by atoms with van der Waals surface area (Å²) in [5.41, 5.74) is 1.16. The smallest absolute Gasteiger partial charge is 0.242 e. The first-order valence-electron chi connectivity index (χ1n) is 9.83. The first-order valence-corrected chi connectivity index (χ1v) is 12.1. The molecule has 0 radical (unpaired) electrons. The number of nitrogens with one attached hydrogen (secondary N) is 2. The van der Waals surface area contributed by atoms with E-state index in [1.807, 2.05) is 37.3 Å². The van der Waals surface area contributed by atoms with Gasteiger partial charge in [-0.1, -0.05) is 53.5 Å². The first-order chi connectivity index (χ1) is 15.3. The topological polar surface area (TPSA) is 84.5 Å². The largest absolute Gasteiger partial charge is 0.494 e. The molecule has 3 rings (SSSR count). The zero-order chi connectivity index (χ0) is 23.1. The number of sulfonamides is 1. The normalized spacial score (nSPS) is 12.2. The molecule has 1 amide bonds. The summed E-state index contributed by atoms with van der Waals surface area (Å²) in [5.74, 6) is 0.0181.